The molecule has 0 bridgehead atoms. The number of halogens is 2. The Morgan fingerprint density at radius 2 is 2.12 bits per heavy atom. The van der Waals surface area contributed by atoms with Crippen molar-refractivity contribution < 1.29 is 8.78 Å². The lowest BCUT2D eigenvalue weighted by Crippen LogP contribution is -2.51. The van der Waals surface area contributed by atoms with Gasteiger partial charge in [0.25, 0.3) is 6.43 Å². The van der Waals surface area contributed by atoms with Gasteiger partial charge in [0.15, 0.2) is 0 Å². The summed E-state index contributed by atoms with van der Waals surface area (Å²) in [6.45, 7) is 6.02. The molecule has 0 aromatic rings. The molecule has 17 heavy (non-hydrogen) atoms. The van der Waals surface area contributed by atoms with E-state index >= 15 is 0 Å². The highest BCUT2D eigenvalue weighted by molar-refractivity contribution is 4.88. The van der Waals surface area contributed by atoms with E-state index in [1.807, 2.05) is 0 Å². The molecule has 2 unspecified atom stereocenters. The molecule has 0 spiro atoms. The lowest BCUT2D eigenvalue weighted by atomic mass is 9.85. The van der Waals surface area contributed by atoms with Crippen LogP contribution >= 0.6 is 0 Å². The Hall–Kier alpha value is -0.730. The summed E-state index contributed by atoms with van der Waals surface area (Å²) in [4.78, 5) is 2.05. The average Bonchev–Trinajstić information content (AvgIpc) is 2.26. The van der Waals surface area contributed by atoms with E-state index < -0.39 is 6.43 Å². The molecule has 0 radical (unpaired) electrons. The standard InChI is InChI=1S/C12H21F2N3/c1-9(2)10-5-11(16-6-12(13)14)8-17(7-10)4-3-15/h9-12,16H,4-8H2,1-2H3. The van der Waals surface area contributed by atoms with E-state index in [1.165, 1.54) is 0 Å². The van der Waals surface area contributed by atoms with Crippen molar-refractivity contribution in [2.24, 2.45) is 11.8 Å². The van der Waals surface area contributed by atoms with Crippen LogP contribution in [0.5, 0.6) is 0 Å². The van der Waals surface area contributed by atoms with E-state index in [2.05, 4.69) is 30.1 Å². The molecule has 5 heteroatoms. The molecule has 0 aliphatic carbocycles. The summed E-state index contributed by atoms with van der Waals surface area (Å²) < 4.78 is 24.3. The molecular weight excluding hydrogens is 224 g/mol. The first-order valence-electron chi connectivity index (χ1n) is 6.13. The van der Waals surface area contributed by atoms with Gasteiger partial charge in [-0.25, -0.2) is 8.78 Å². The molecule has 1 rings (SSSR count). The second-order valence-corrected chi connectivity index (χ2v) is 5.09. The van der Waals surface area contributed by atoms with Crippen LogP contribution in [0.1, 0.15) is 20.3 Å². The molecule has 0 saturated carbocycles. The highest BCUT2D eigenvalue weighted by atomic mass is 19.3. The van der Waals surface area contributed by atoms with Gasteiger partial charge in [-0.3, -0.25) is 4.90 Å². The van der Waals surface area contributed by atoms with Gasteiger partial charge in [0.2, 0.25) is 0 Å². The number of hydrogen-bond donors (Lipinski definition) is 1. The summed E-state index contributed by atoms with van der Waals surface area (Å²) in [6, 6.07) is 2.21. The summed E-state index contributed by atoms with van der Waals surface area (Å²) >= 11 is 0. The Bertz CT molecular complexity index is 263. The van der Waals surface area contributed by atoms with Crippen molar-refractivity contribution in [1.29, 1.82) is 5.26 Å². The second kappa shape index (κ2) is 6.87. The van der Waals surface area contributed by atoms with Gasteiger partial charge in [0, 0.05) is 19.1 Å². The van der Waals surface area contributed by atoms with Gasteiger partial charge >= 0.3 is 0 Å². The van der Waals surface area contributed by atoms with Gasteiger partial charge in [-0.2, -0.15) is 5.26 Å². The van der Waals surface area contributed by atoms with E-state index in [4.69, 9.17) is 5.26 Å². The van der Waals surface area contributed by atoms with Gasteiger partial charge < -0.3 is 5.32 Å². The lowest BCUT2D eigenvalue weighted by Gasteiger charge is -2.38. The zero-order chi connectivity index (χ0) is 12.8. The molecule has 1 heterocycles. The minimum atomic E-state index is -2.31. The molecular formula is C12H21F2N3. The van der Waals surface area contributed by atoms with Crippen molar-refractivity contribution in [3.8, 4) is 6.07 Å². The summed E-state index contributed by atoms with van der Waals surface area (Å²) in [7, 11) is 0. The molecule has 1 fully saturated rings. The number of likely N-dealkylation sites (tertiary alicyclic amines) is 1. The van der Waals surface area contributed by atoms with Crippen molar-refractivity contribution in [2.75, 3.05) is 26.2 Å². The minimum Gasteiger partial charge on any atom is -0.307 e. The molecule has 98 valence electrons. The SMILES string of the molecule is CC(C)C1CC(NCC(F)F)CN(CC#N)C1. The fourth-order valence-corrected chi connectivity index (χ4v) is 2.35. The zero-order valence-corrected chi connectivity index (χ0v) is 10.5. The molecule has 1 aliphatic rings. The largest absolute Gasteiger partial charge is 0.307 e. The van der Waals surface area contributed by atoms with Crippen LogP contribution in [0, 0.1) is 23.2 Å². The van der Waals surface area contributed by atoms with Crippen LogP contribution in [-0.2, 0) is 0 Å². The van der Waals surface area contributed by atoms with Crippen molar-refractivity contribution >= 4 is 0 Å². The van der Waals surface area contributed by atoms with Crippen molar-refractivity contribution in [2.45, 2.75) is 32.7 Å². The maximum absolute atomic E-state index is 12.2. The van der Waals surface area contributed by atoms with Crippen molar-refractivity contribution in [3.05, 3.63) is 0 Å². The predicted octanol–water partition coefficient (Wildman–Crippen LogP) is 1.71. The number of hydrogen-bond acceptors (Lipinski definition) is 3. The van der Waals surface area contributed by atoms with Crippen molar-refractivity contribution in [3.63, 3.8) is 0 Å². The van der Waals surface area contributed by atoms with Gasteiger partial charge in [-0.05, 0) is 18.3 Å². The Morgan fingerprint density at radius 3 is 2.65 bits per heavy atom. The van der Waals surface area contributed by atoms with Crippen LogP contribution in [0.3, 0.4) is 0 Å². The second-order valence-electron chi connectivity index (χ2n) is 5.09. The molecule has 0 amide bonds. The molecule has 1 saturated heterocycles. The topological polar surface area (TPSA) is 39.1 Å². The molecule has 1 aliphatic heterocycles. The fourth-order valence-electron chi connectivity index (χ4n) is 2.35. The molecule has 0 aromatic heterocycles. The number of piperidine rings is 1. The number of alkyl halides is 2. The smallest absolute Gasteiger partial charge is 0.250 e. The Kier molecular flexibility index (Phi) is 5.79. The predicted molar refractivity (Wildman–Crippen MR) is 62.8 cm³/mol. The lowest BCUT2D eigenvalue weighted by molar-refractivity contribution is 0.102. The molecule has 1 N–H and O–H groups in total. The van der Waals surface area contributed by atoms with E-state index in [9.17, 15) is 8.78 Å². The van der Waals surface area contributed by atoms with Crippen LogP contribution in [0.25, 0.3) is 0 Å². The first-order valence-corrected chi connectivity index (χ1v) is 6.13. The Balaban J connectivity index is 2.50. The maximum atomic E-state index is 12.2. The van der Waals surface area contributed by atoms with E-state index in [0.29, 0.717) is 24.9 Å². The highest BCUT2D eigenvalue weighted by Crippen LogP contribution is 2.23. The van der Waals surface area contributed by atoms with Crippen LogP contribution in [0.4, 0.5) is 8.78 Å². The first-order chi connectivity index (χ1) is 8.02. The highest BCUT2D eigenvalue weighted by Gasteiger charge is 2.28. The molecule has 2 atom stereocenters. The summed E-state index contributed by atoms with van der Waals surface area (Å²) in [6.07, 6.45) is -1.38. The van der Waals surface area contributed by atoms with Gasteiger partial charge in [-0.1, -0.05) is 13.8 Å². The third-order valence-electron chi connectivity index (χ3n) is 3.36. The van der Waals surface area contributed by atoms with Crippen LogP contribution in [0.15, 0.2) is 0 Å². The normalized spacial score (nSPS) is 26.4. The van der Waals surface area contributed by atoms with Crippen LogP contribution in [-0.4, -0.2) is 43.5 Å². The van der Waals surface area contributed by atoms with E-state index in [-0.39, 0.29) is 12.6 Å². The summed E-state index contributed by atoms with van der Waals surface area (Å²) in [5.74, 6) is 1.000. The Labute approximate surface area is 102 Å². The summed E-state index contributed by atoms with van der Waals surface area (Å²) in [5, 5.41) is 11.6. The number of rotatable bonds is 5. The maximum Gasteiger partial charge on any atom is 0.250 e. The van der Waals surface area contributed by atoms with Gasteiger partial charge in [0.05, 0.1) is 19.2 Å². The third kappa shape index (κ3) is 4.97. The van der Waals surface area contributed by atoms with Gasteiger partial charge in [0.1, 0.15) is 0 Å². The first kappa shape index (κ1) is 14.3. The quantitative estimate of drug-likeness (QED) is 0.749. The van der Waals surface area contributed by atoms with Crippen molar-refractivity contribution in [1.82, 2.24) is 10.2 Å². The minimum absolute atomic E-state index is 0.0819. The number of nitrogens with zero attached hydrogens (tertiary/aromatic N) is 2. The third-order valence-corrected chi connectivity index (χ3v) is 3.36. The number of nitriles is 1. The Morgan fingerprint density at radius 1 is 1.41 bits per heavy atom. The van der Waals surface area contributed by atoms with Crippen LogP contribution < -0.4 is 5.32 Å². The average molecular weight is 245 g/mol. The monoisotopic (exact) mass is 245 g/mol. The fraction of sp³-hybridized carbons (Fsp3) is 0.917. The number of nitrogens with one attached hydrogen (secondary N) is 1. The zero-order valence-electron chi connectivity index (χ0n) is 10.5. The summed E-state index contributed by atoms with van der Waals surface area (Å²) in [5.41, 5.74) is 0. The molecule has 0 aromatic carbocycles. The van der Waals surface area contributed by atoms with Gasteiger partial charge in [-0.15, -0.1) is 0 Å². The van der Waals surface area contributed by atoms with E-state index in [0.717, 1.165) is 13.0 Å². The van der Waals surface area contributed by atoms with Crippen LogP contribution in [0.2, 0.25) is 0 Å². The molecule has 3 nitrogen and oxygen atoms in total. The van der Waals surface area contributed by atoms with E-state index in [1.54, 1.807) is 0 Å².